The predicted molar refractivity (Wildman–Crippen MR) is 66.2 cm³/mol. The summed E-state index contributed by atoms with van der Waals surface area (Å²) < 4.78 is 16.7. The highest BCUT2D eigenvalue weighted by atomic mass is 16.6. The summed E-state index contributed by atoms with van der Waals surface area (Å²) in [5.74, 6) is 0. The van der Waals surface area contributed by atoms with E-state index in [9.17, 15) is 0 Å². The average molecular weight is 243 g/mol. The fourth-order valence-electron chi connectivity index (χ4n) is 2.12. The van der Waals surface area contributed by atoms with Gasteiger partial charge in [-0.05, 0) is 32.1 Å². The predicted octanol–water partition coefficient (Wildman–Crippen LogP) is 1.34. The molecule has 1 aliphatic carbocycles. The molecule has 1 saturated heterocycles. The van der Waals surface area contributed by atoms with E-state index in [0.717, 1.165) is 25.6 Å². The molecule has 2 atom stereocenters. The van der Waals surface area contributed by atoms with Crippen molar-refractivity contribution >= 4 is 0 Å². The molecule has 0 amide bonds. The molecule has 1 aliphatic heterocycles. The summed E-state index contributed by atoms with van der Waals surface area (Å²) >= 11 is 0. The van der Waals surface area contributed by atoms with Gasteiger partial charge < -0.3 is 19.5 Å². The first-order valence-electron chi connectivity index (χ1n) is 6.84. The van der Waals surface area contributed by atoms with Gasteiger partial charge in [-0.25, -0.2) is 0 Å². The first-order chi connectivity index (χ1) is 8.38. The summed E-state index contributed by atoms with van der Waals surface area (Å²) in [7, 11) is 1.73. The lowest BCUT2D eigenvalue weighted by Crippen LogP contribution is -2.36. The van der Waals surface area contributed by atoms with Gasteiger partial charge in [0.25, 0.3) is 0 Å². The van der Waals surface area contributed by atoms with Crippen molar-refractivity contribution in [1.82, 2.24) is 5.32 Å². The average Bonchev–Trinajstić information content (AvgIpc) is 3.18. The molecule has 17 heavy (non-hydrogen) atoms. The maximum atomic E-state index is 5.89. The molecule has 2 fully saturated rings. The Kier molecular flexibility index (Phi) is 5.71. The molecular formula is C13H25NO3. The molecule has 2 rings (SSSR count). The lowest BCUT2D eigenvalue weighted by atomic mass is 10.1. The molecule has 1 heterocycles. The first kappa shape index (κ1) is 13.3. The van der Waals surface area contributed by atoms with Crippen molar-refractivity contribution in [3.05, 3.63) is 0 Å². The molecule has 1 saturated carbocycles. The monoisotopic (exact) mass is 243 g/mol. The second kappa shape index (κ2) is 7.31. The van der Waals surface area contributed by atoms with Gasteiger partial charge in [-0.3, -0.25) is 0 Å². The second-order valence-corrected chi connectivity index (χ2v) is 5.08. The maximum Gasteiger partial charge on any atom is 0.0933 e. The van der Waals surface area contributed by atoms with Gasteiger partial charge in [0.15, 0.2) is 0 Å². The quantitative estimate of drug-likeness (QED) is 0.698. The summed E-state index contributed by atoms with van der Waals surface area (Å²) in [5.41, 5.74) is 0. The van der Waals surface area contributed by atoms with Gasteiger partial charge in [0.1, 0.15) is 0 Å². The molecule has 2 unspecified atom stereocenters. The van der Waals surface area contributed by atoms with E-state index in [4.69, 9.17) is 14.2 Å². The van der Waals surface area contributed by atoms with Gasteiger partial charge in [0.2, 0.25) is 0 Å². The van der Waals surface area contributed by atoms with Crippen molar-refractivity contribution in [2.75, 3.05) is 33.5 Å². The molecule has 1 N–H and O–H groups in total. The van der Waals surface area contributed by atoms with Crippen LogP contribution in [0.3, 0.4) is 0 Å². The van der Waals surface area contributed by atoms with E-state index in [1.54, 1.807) is 7.11 Å². The number of ether oxygens (including phenoxy) is 3. The lowest BCUT2D eigenvalue weighted by molar-refractivity contribution is -0.0766. The zero-order valence-electron chi connectivity index (χ0n) is 10.8. The summed E-state index contributed by atoms with van der Waals surface area (Å²) in [6, 6.07) is 0.726. The smallest absolute Gasteiger partial charge is 0.0933 e. The Morgan fingerprint density at radius 3 is 2.82 bits per heavy atom. The van der Waals surface area contributed by atoms with Crippen molar-refractivity contribution in [1.29, 1.82) is 0 Å². The number of methoxy groups -OCH3 is 1. The van der Waals surface area contributed by atoms with Crippen LogP contribution in [0.1, 0.15) is 32.1 Å². The second-order valence-electron chi connectivity index (χ2n) is 5.08. The summed E-state index contributed by atoms with van der Waals surface area (Å²) in [5, 5.41) is 3.48. The molecule has 4 nitrogen and oxygen atoms in total. The van der Waals surface area contributed by atoms with Crippen LogP contribution in [0.4, 0.5) is 0 Å². The molecule has 0 aromatic rings. The van der Waals surface area contributed by atoms with Gasteiger partial charge in [-0.2, -0.15) is 0 Å². The van der Waals surface area contributed by atoms with Gasteiger partial charge in [-0.1, -0.05) is 0 Å². The normalized spacial score (nSPS) is 27.0. The van der Waals surface area contributed by atoms with Crippen LogP contribution in [0.5, 0.6) is 0 Å². The number of hydrogen-bond donors (Lipinski definition) is 1. The van der Waals surface area contributed by atoms with Crippen molar-refractivity contribution in [2.24, 2.45) is 0 Å². The van der Waals surface area contributed by atoms with E-state index < -0.39 is 0 Å². The van der Waals surface area contributed by atoms with E-state index in [1.165, 1.54) is 25.7 Å². The van der Waals surface area contributed by atoms with Gasteiger partial charge >= 0.3 is 0 Å². The molecule has 0 radical (unpaired) electrons. The molecule has 0 spiro atoms. The minimum Gasteiger partial charge on any atom is -0.382 e. The van der Waals surface area contributed by atoms with Crippen molar-refractivity contribution in [3.63, 3.8) is 0 Å². The van der Waals surface area contributed by atoms with E-state index in [0.29, 0.717) is 19.3 Å². The van der Waals surface area contributed by atoms with Gasteiger partial charge in [0.05, 0.1) is 25.4 Å². The molecule has 100 valence electrons. The third kappa shape index (κ3) is 5.34. The highest BCUT2D eigenvalue weighted by molar-refractivity contribution is 4.82. The van der Waals surface area contributed by atoms with Crippen LogP contribution < -0.4 is 5.32 Å². The molecule has 0 aromatic carbocycles. The van der Waals surface area contributed by atoms with Crippen molar-refractivity contribution in [2.45, 2.75) is 50.4 Å². The van der Waals surface area contributed by atoms with Crippen LogP contribution in [0, 0.1) is 0 Å². The van der Waals surface area contributed by atoms with Crippen molar-refractivity contribution in [3.8, 4) is 0 Å². The molecular weight excluding hydrogens is 218 g/mol. The van der Waals surface area contributed by atoms with Crippen LogP contribution in [0.2, 0.25) is 0 Å². The lowest BCUT2D eigenvalue weighted by Gasteiger charge is -2.25. The Labute approximate surface area is 104 Å². The minimum absolute atomic E-state index is 0.158. The maximum absolute atomic E-state index is 5.89. The zero-order chi connectivity index (χ0) is 11.9. The zero-order valence-corrected chi connectivity index (χ0v) is 10.8. The Bertz CT molecular complexity index is 203. The Balaban J connectivity index is 1.60. The molecule has 2 aliphatic rings. The Hall–Kier alpha value is -0.160. The third-order valence-corrected chi connectivity index (χ3v) is 3.36. The van der Waals surface area contributed by atoms with Crippen LogP contribution in [0.15, 0.2) is 0 Å². The highest BCUT2D eigenvalue weighted by Crippen LogP contribution is 2.18. The number of hydrogen-bond acceptors (Lipinski definition) is 4. The Morgan fingerprint density at radius 1 is 1.29 bits per heavy atom. The topological polar surface area (TPSA) is 39.7 Å². The van der Waals surface area contributed by atoms with Crippen LogP contribution in [-0.4, -0.2) is 51.7 Å². The fraction of sp³-hybridized carbons (Fsp3) is 1.00. The first-order valence-corrected chi connectivity index (χ1v) is 6.84. The Morgan fingerprint density at radius 2 is 2.18 bits per heavy atom. The van der Waals surface area contributed by atoms with Gasteiger partial charge in [-0.15, -0.1) is 0 Å². The highest BCUT2D eigenvalue weighted by Gasteiger charge is 2.23. The summed E-state index contributed by atoms with van der Waals surface area (Å²) in [4.78, 5) is 0. The molecule has 4 heteroatoms. The largest absolute Gasteiger partial charge is 0.382 e. The van der Waals surface area contributed by atoms with Crippen LogP contribution in [-0.2, 0) is 14.2 Å². The minimum atomic E-state index is 0.158. The molecule has 0 bridgehead atoms. The van der Waals surface area contributed by atoms with E-state index in [1.807, 2.05) is 0 Å². The van der Waals surface area contributed by atoms with E-state index in [-0.39, 0.29) is 6.10 Å². The fourth-order valence-corrected chi connectivity index (χ4v) is 2.12. The molecule has 0 aromatic heterocycles. The van der Waals surface area contributed by atoms with Crippen molar-refractivity contribution < 1.29 is 14.2 Å². The summed E-state index contributed by atoms with van der Waals surface area (Å²) in [6.45, 7) is 3.15. The van der Waals surface area contributed by atoms with E-state index in [2.05, 4.69) is 5.32 Å². The van der Waals surface area contributed by atoms with Gasteiger partial charge in [0, 0.05) is 26.3 Å². The van der Waals surface area contributed by atoms with Crippen LogP contribution in [0.25, 0.3) is 0 Å². The van der Waals surface area contributed by atoms with E-state index >= 15 is 0 Å². The van der Waals surface area contributed by atoms with Crippen LogP contribution >= 0.6 is 0 Å². The standard InChI is InChI=1S/C13H25NO3/c1-15-9-13(8-14-11-5-6-11)17-10-12-4-2-3-7-16-12/h11-14H,2-10H2,1H3. The number of nitrogens with one attached hydrogen (secondary N) is 1. The summed E-state index contributed by atoms with van der Waals surface area (Å²) in [6.07, 6.45) is 6.67. The SMILES string of the molecule is COCC(CNC1CC1)OCC1CCCCO1. The number of rotatable bonds is 8. The third-order valence-electron chi connectivity index (χ3n) is 3.36.